The zero-order chi connectivity index (χ0) is 24.4. The van der Waals surface area contributed by atoms with Gasteiger partial charge in [-0.05, 0) is 30.3 Å². The number of pyridine rings is 1. The first-order valence-corrected chi connectivity index (χ1v) is 11.2. The van der Waals surface area contributed by atoms with E-state index >= 15 is 0 Å². The Labute approximate surface area is 200 Å². The van der Waals surface area contributed by atoms with E-state index in [1.807, 2.05) is 47.4 Å². The van der Waals surface area contributed by atoms with E-state index < -0.39 is 17.6 Å². The van der Waals surface area contributed by atoms with Crippen LogP contribution in [0.4, 0.5) is 24.5 Å². The summed E-state index contributed by atoms with van der Waals surface area (Å²) >= 11 is 0. The highest BCUT2D eigenvalue weighted by Gasteiger charge is 2.32. The average Bonchev–Trinajstić information content (AvgIpc) is 2.88. The molecule has 0 atom stereocenters. The SMILES string of the molecule is O=C(Nc1cc(C(F)(F)F)ccc1N1CCOCC1)c1cc(-c2ccccc2)nc2ccccc12. The first kappa shape index (κ1) is 22.9. The lowest BCUT2D eigenvalue weighted by Gasteiger charge is -2.31. The number of hydrogen-bond donors (Lipinski definition) is 1. The molecule has 5 nitrogen and oxygen atoms in total. The van der Waals surface area contributed by atoms with Gasteiger partial charge in [-0.25, -0.2) is 4.98 Å². The van der Waals surface area contributed by atoms with Gasteiger partial charge in [0.25, 0.3) is 5.91 Å². The second-order valence-corrected chi connectivity index (χ2v) is 8.22. The molecule has 0 aliphatic carbocycles. The van der Waals surface area contributed by atoms with Crippen molar-refractivity contribution < 1.29 is 22.7 Å². The maximum atomic E-state index is 13.5. The normalized spacial score (nSPS) is 14.2. The molecule has 0 spiro atoms. The van der Waals surface area contributed by atoms with Crippen LogP contribution in [0.25, 0.3) is 22.2 Å². The summed E-state index contributed by atoms with van der Waals surface area (Å²) in [5, 5.41) is 3.37. The Hall–Kier alpha value is -3.91. The highest BCUT2D eigenvalue weighted by molar-refractivity contribution is 6.14. The fourth-order valence-electron chi connectivity index (χ4n) is 4.20. The number of aromatic nitrogens is 1. The van der Waals surface area contributed by atoms with E-state index in [1.54, 1.807) is 18.2 Å². The van der Waals surface area contributed by atoms with Gasteiger partial charge in [-0.1, -0.05) is 48.5 Å². The number of halogens is 3. The average molecular weight is 477 g/mol. The van der Waals surface area contributed by atoms with Gasteiger partial charge in [-0.2, -0.15) is 13.2 Å². The number of benzene rings is 3. The fraction of sp³-hybridized carbons (Fsp3) is 0.185. The van der Waals surface area contributed by atoms with Gasteiger partial charge >= 0.3 is 6.18 Å². The Balaban J connectivity index is 1.58. The molecule has 1 amide bonds. The molecule has 8 heteroatoms. The second-order valence-electron chi connectivity index (χ2n) is 8.22. The van der Waals surface area contributed by atoms with E-state index in [0.29, 0.717) is 54.2 Å². The van der Waals surface area contributed by atoms with Crippen molar-refractivity contribution in [2.24, 2.45) is 0 Å². The molecule has 1 aromatic heterocycles. The van der Waals surface area contributed by atoms with E-state index in [4.69, 9.17) is 4.74 Å². The van der Waals surface area contributed by atoms with Gasteiger partial charge in [0.05, 0.1) is 46.9 Å². The highest BCUT2D eigenvalue weighted by atomic mass is 19.4. The van der Waals surface area contributed by atoms with Crippen LogP contribution in [0.1, 0.15) is 15.9 Å². The number of alkyl halides is 3. The Kier molecular flexibility index (Phi) is 6.13. The zero-order valence-electron chi connectivity index (χ0n) is 18.7. The summed E-state index contributed by atoms with van der Waals surface area (Å²) in [5.74, 6) is -0.505. The summed E-state index contributed by atoms with van der Waals surface area (Å²) in [6.07, 6.45) is -4.53. The predicted octanol–water partition coefficient (Wildman–Crippen LogP) is 6.01. The third kappa shape index (κ3) is 4.83. The molecule has 1 N–H and O–H groups in total. The van der Waals surface area contributed by atoms with Crippen LogP contribution in [0.15, 0.2) is 78.9 Å². The van der Waals surface area contributed by atoms with Gasteiger partial charge < -0.3 is 15.0 Å². The molecule has 2 heterocycles. The van der Waals surface area contributed by atoms with E-state index in [2.05, 4.69) is 10.3 Å². The van der Waals surface area contributed by atoms with Gasteiger partial charge in [0, 0.05) is 24.0 Å². The van der Waals surface area contributed by atoms with Crippen LogP contribution >= 0.6 is 0 Å². The maximum Gasteiger partial charge on any atom is 0.416 e. The van der Waals surface area contributed by atoms with Gasteiger partial charge in [0.2, 0.25) is 0 Å². The van der Waals surface area contributed by atoms with Crippen molar-refractivity contribution in [3.63, 3.8) is 0 Å². The molecule has 3 aromatic carbocycles. The number of hydrogen-bond acceptors (Lipinski definition) is 4. The standard InChI is InChI=1S/C27H22F3N3O2/c28-27(29,30)19-10-11-25(33-12-14-35-15-13-33)24(16-19)32-26(34)21-17-23(18-6-2-1-3-7-18)31-22-9-5-4-8-20(21)22/h1-11,16-17H,12-15H2,(H,32,34). The molecule has 4 aromatic rings. The smallest absolute Gasteiger partial charge is 0.378 e. The Morgan fingerprint density at radius 1 is 0.914 bits per heavy atom. The molecule has 1 aliphatic rings. The number of rotatable bonds is 4. The first-order valence-electron chi connectivity index (χ1n) is 11.2. The van der Waals surface area contributed by atoms with Gasteiger partial charge in [0.15, 0.2) is 0 Å². The summed E-state index contributed by atoms with van der Waals surface area (Å²) in [4.78, 5) is 20.1. The number of para-hydroxylation sites is 1. The van der Waals surface area contributed by atoms with E-state index in [-0.39, 0.29) is 5.69 Å². The number of nitrogens with zero attached hydrogens (tertiary/aromatic N) is 2. The molecule has 178 valence electrons. The number of fused-ring (bicyclic) bond motifs is 1. The van der Waals surface area contributed by atoms with Gasteiger partial charge in [-0.3, -0.25) is 4.79 Å². The highest BCUT2D eigenvalue weighted by Crippen LogP contribution is 2.36. The quantitative estimate of drug-likeness (QED) is 0.391. The van der Waals surface area contributed by atoms with Crippen LogP contribution in [0.2, 0.25) is 0 Å². The van der Waals surface area contributed by atoms with E-state index in [1.165, 1.54) is 6.07 Å². The Morgan fingerprint density at radius 2 is 1.63 bits per heavy atom. The number of morpholine rings is 1. The lowest BCUT2D eigenvalue weighted by molar-refractivity contribution is -0.137. The minimum absolute atomic E-state index is 0.105. The van der Waals surface area contributed by atoms with Crippen LogP contribution in [0.3, 0.4) is 0 Å². The molecule has 0 bridgehead atoms. The minimum Gasteiger partial charge on any atom is -0.378 e. The number of carbonyl (C=O) groups excluding carboxylic acids is 1. The number of amides is 1. The van der Waals surface area contributed by atoms with Crippen molar-refractivity contribution in [3.8, 4) is 11.3 Å². The number of nitrogens with one attached hydrogen (secondary N) is 1. The molecule has 0 unspecified atom stereocenters. The number of carbonyl (C=O) groups is 1. The Bertz CT molecular complexity index is 1370. The van der Waals surface area contributed by atoms with Crippen LogP contribution in [0.5, 0.6) is 0 Å². The third-order valence-corrected chi connectivity index (χ3v) is 5.95. The first-order chi connectivity index (χ1) is 16.9. The topological polar surface area (TPSA) is 54.5 Å². The zero-order valence-corrected chi connectivity index (χ0v) is 18.7. The van der Waals surface area contributed by atoms with Gasteiger partial charge in [-0.15, -0.1) is 0 Å². The number of ether oxygens (including phenoxy) is 1. The molecular weight excluding hydrogens is 455 g/mol. The fourth-order valence-corrected chi connectivity index (χ4v) is 4.20. The summed E-state index contributed by atoms with van der Waals surface area (Å²) < 4.78 is 45.9. The van der Waals surface area contributed by atoms with Crippen LogP contribution in [-0.2, 0) is 10.9 Å². The molecule has 1 aliphatic heterocycles. The van der Waals surface area contributed by atoms with E-state index in [0.717, 1.165) is 17.7 Å². The van der Waals surface area contributed by atoms with Crippen molar-refractivity contribution in [3.05, 3.63) is 90.0 Å². The summed E-state index contributed by atoms with van der Waals surface area (Å²) in [6, 6.07) is 21.7. The third-order valence-electron chi connectivity index (χ3n) is 5.95. The minimum atomic E-state index is -4.53. The number of anilines is 2. The second kappa shape index (κ2) is 9.38. The van der Waals surface area contributed by atoms with Crippen molar-refractivity contribution in [2.75, 3.05) is 36.5 Å². The van der Waals surface area contributed by atoms with Crippen molar-refractivity contribution >= 4 is 28.2 Å². The summed E-state index contributed by atoms with van der Waals surface area (Å²) in [6.45, 7) is 1.96. The largest absolute Gasteiger partial charge is 0.416 e. The van der Waals surface area contributed by atoms with Crippen LogP contribution in [-0.4, -0.2) is 37.2 Å². The maximum absolute atomic E-state index is 13.5. The molecule has 5 rings (SSSR count). The van der Waals surface area contributed by atoms with Crippen LogP contribution < -0.4 is 10.2 Å². The predicted molar refractivity (Wildman–Crippen MR) is 130 cm³/mol. The van der Waals surface area contributed by atoms with Crippen molar-refractivity contribution in [2.45, 2.75) is 6.18 Å². The molecule has 1 fully saturated rings. The lowest BCUT2D eigenvalue weighted by Crippen LogP contribution is -2.36. The van der Waals surface area contributed by atoms with E-state index in [9.17, 15) is 18.0 Å². The monoisotopic (exact) mass is 477 g/mol. The lowest BCUT2D eigenvalue weighted by atomic mass is 10.0. The summed E-state index contributed by atoms with van der Waals surface area (Å²) in [7, 11) is 0. The van der Waals surface area contributed by atoms with Gasteiger partial charge in [0.1, 0.15) is 0 Å². The van der Waals surface area contributed by atoms with Crippen molar-refractivity contribution in [1.82, 2.24) is 4.98 Å². The Morgan fingerprint density at radius 3 is 2.37 bits per heavy atom. The van der Waals surface area contributed by atoms with Crippen molar-refractivity contribution in [1.29, 1.82) is 0 Å². The molecule has 0 saturated carbocycles. The molecular formula is C27H22F3N3O2. The molecule has 0 radical (unpaired) electrons. The summed E-state index contributed by atoms with van der Waals surface area (Å²) in [5.41, 5.74) is 2.20. The molecule has 1 saturated heterocycles. The van der Waals surface area contributed by atoms with Crippen LogP contribution in [0, 0.1) is 0 Å². The molecule has 35 heavy (non-hydrogen) atoms.